The van der Waals surface area contributed by atoms with E-state index in [2.05, 4.69) is 5.32 Å². The summed E-state index contributed by atoms with van der Waals surface area (Å²) < 4.78 is 16.4. The van der Waals surface area contributed by atoms with Crippen LogP contribution in [0.25, 0.3) is 21.9 Å². The van der Waals surface area contributed by atoms with Crippen molar-refractivity contribution in [1.29, 1.82) is 0 Å². The lowest BCUT2D eigenvalue weighted by atomic mass is 10.1. The molecule has 5 heteroatoms. The summed E-state index contributed by atoms with van der Waals surface area (Å²) in [7, 11) is 1.90. The van der Waals surface area contributed by atoms with Gasteiger partial charge in [0.05, 0.1) is 23.6 Å². The summed E-state index contributed by atoms with van der Waals surface area (Å²) in [5.41, 5.74) is 0.739. The number of ether oxygens (including phenoxy) is 1. The third-order valence-electron chi connectivity index (χ3n) is 3.13. The average molecular weight is 273 g/mol. The van der Waals surface area contributed by atoms with Gasteiger partial charge in [-0.3, -0.25) is 0 Å². The van der Waals surface area contributed by atoms with Crippen molar-refractivity contribution in [2.75, 3.05) is 20.2 Å². The van der Waals surface area contributed by atoms with Crippen molar-refractivity contribution in [1.82, 2.24) is 5.32 Å². The molecule has 0 radical (unpaired) electrons. The van der Waals surface area contributed by atoms with E-state index in [1.165, 1.54) is 6.07 Å². The van der Waals surface area contributed by atoms with Gasteiger partial charge >= 0.3 is 5.63 Å². The van der Waals surface area contributed by atoms with Gasteiger partial charge in [-0.05, 0) is 32.1 Å². The van der Waals surface area contributed by atoms with Crippen LogP contribution in [0, 0.1) is 0 Å². The van der Waals surface area contributed by atoms with E-state index in [-0.39, 0.29) is 5.63 Å². The minimum absolute atomic E-state index is 0.385. The highest BCUT2D eigenvalue weighted by molar-refractivity contribution is 6.01. The Hall–Kier alpha value is -2.27. The number of furan rings is 1. The summed E-state index contributed by atoms with van der Waals surface area (Å²) in [5.74, 6) is 0.700. The molecule has 0 atom stereocenters. The monoisotopic (exact) mass is 273 g/mol. The lowest BCUT2D eigenvalue weighted by molar-refractivity contribution is 0.316. The van der Waals surface area contributed by atoms with Crippen molar-refractivity contribution < 1.29 is 13.6 Å². The second-order valence-electron chi connectivity index (χ2n) is 4.51. The normalized spacial score (nSPS) is 11.2. The fraction of sp³-hybridized carbons (Fsp3) is 0.267. The molecule has 3 rings (SSSR count). The van der Waals surface area contributed by atoms with Gasteiger partial charge < -0.3 is 18.9 Å². The van der Waals surface area contributed by atoms with E-state index < -0.39 is 0 Å². The maximum Gasteiger partial charge on any atom is 0.336 e. The van der Waals surface area contributed by atoms with Crippen LogP contribution in [0.5, 0.6) is 5.75 Å². The Morgan fingerprint density at radius 2 is 2.05 bits per heavy atom. The van der Waals surface area contributed by atoms with Gasteiger partial charge in [-0.25, -0.2) is 4.79 Å². The molecule has 3 aromatic rings. The van der Waals surface area contributed by atoms with Crippen LogP contribution in [0.2, 0.25) is 0 Å². The van der Waals surface area contributed by atoms with Gasteiger partial charge in [0.25, 0.3) is 0 Å². The van der Waals surface area contributed by atoms with E-state index in [9.17, 15) is 4.79 Å². The second kappa shape index (κ2) is 5.38. The quantitative estimate of drug-likeness (QED) is 0.571. The molecule has 0 unspecified atom stereocenters. The molecule has 0 aliphatic carbocycles. The molecule has 0 fully saturated rings. The Kier molecular flexibility index (Phi) is 3.43. The molecule has 0 spiro atoms. The van der Waals surface area contributed by atoms with Gasteiger partial charge in [-0.1, -0.05) is 0 Å². The van der Waals surface area contributed by atoms with Gasteiger partial charge in [-0.2, -0.15) is 0 Å². The third kappa shape index (κ3) is 2.28. The summed E-state index contributed by atoms with van der Waals surface area (Å²) in [6, 6.07) is 6.69. The van der Waals surface area contributed by atoms with Crippen molar-refractivity contribution in [3.63, 3.8) is 0 Å². The molecule has 5 nitrogen and oxygen atoms in total. The van der Waals surface area contributed by atoms with E-state index in [0.29, 0.717) is 23.5 Å². The highest BCUT2D eigenvalue weighted by atomic mass is 16.5. The molecule has 0 saturated heterocycles. The van der Waals surface area contributed by atoms with Gasteiger partial charge in [0.2, 0.25) is 0 Å². The number of nitrogens with one attached hydrogen (secondary N) is 1. The summed E-state index contributed by atoms with van der Waals surface area (Å²) >= 11 is 0. The van der Waals surface area contributed by atoms with E-state index in [1.54, 1.807) is 18.4 Å². The van der Waals surface area contributed by atoms with E-state index in [1.807, 2.05) is 13.1 Å². The van der Waals surface area contributed by atoms with Crippen LogP contribution >= 0.6 is 0 Å². The van der Waals surface area contributed by atoms with Crippen molar-refractivity contribution in [2.45, 2.75) is 6.42 Å². The zero-order valence-electron chi connectivity index (χ0n) is 11.1. The molecule has 20 heavy (non-hydrogen) atoms. The summed E-state index contributed by atoms with van der Waals surface area (Å²) in [6.45, 7) is 1.47. The van der Waals surface area contributed by atoms with Crippen LogP contribution in [0.15, 0.2) is 44.2 Å². The van der Waals surface area contributed by atoms with Crippen molar-refractivity contribution in [3.05, 3.63) is 40.9 Å². The molecule has 0 bridgehead atoms. The Morgan fingerprint density at radius 3 is 2.90 bits per heavy atom. The van der Waals surface area contributed by atoms with Crippen LogP contribution < -0.4 is 15.7 Å². The minimum Gasteiger partial charge on any atom is -0.492 e. The molecular weight excluding hydrogens is 258 g/mol. The summed E-state index contributed by atoms with van der Waals surface area (Å²) in [6.07, 6.45) is 2.49. The molecule has 0 amide bonds. The van der Waals surface area contributed by atoms with Crippen molar-refractivity contribution in [2.24, 2.45) is 0 Å². The van der Waals surface area contributed by atoms with E-state index >= 15 is 0 Å². The topological polar surface area (TPSA) is 64.6 Å². The van der Waals surface area contributed by atoms with Crippen LogP contribution in [-0.4, -0.2) is 20.2 Å². The Balaban J connectivity index is 2.08. The van der Waals surface area contributed by atoms with Gasteiger partial charge in [-0.15, -0.1) is 0 Å². The number of rotatable bonds is 5. The zero-order valence-corrected chi connectivity index (χ0v) is 11.1. The maximum atomic E-state index is 11.3. The zero-order chi connectivity index (χ0) is 13.9. The van der Waals surface area contributed by atoms with Crippen LogP contribution in [0.1, 0.15) is 6.42 Å². The molecule has 2 heterocycles. The highest BCUT2D eigenvalue weighted by Gasteiger charge is 2.12. The van der Waals surface area contributed by atoms with Crippen LogP contribution in [0.3, 0.4) is 0 Å². The van der Waals surface area contributed by atoms with E-state index in [4.69, 9.17) is 13.6 Å². The standard InChI is InChI=1S/C15H15NO4/c1-16-6-2-7-19-15-10-3-4-14(17)20-13(10)9-12-11(15)5-8-18-12/h3-5,8-9,16H,2,6-7H2,1H3. The number of hydrogen-bond acceptors (Lipinski definition) is 5. The van der Waals surface area contributed by atoms with E-state index in [0.717, 1.165) is 23.7 Å². The Morgan fingerprint density at radius 1 is 1.20 bits per heavy atom. The predicted molar refractivity (Wildman–Crippen MR) is 76.3 cm³/mol. The predicted octanol–water partition coefficient (Wildman–Crippen LogP) is 2.53. The first-order valence-corrected chi connectivity index (χ1v) is 6.51. The van der Waals surface area contributed by atoms with Gasteiger partial charge in [0.1, 0.15) is 16.9 Å². The van der Waals surface area contributed by atoms with Gasteiger partial charge in [0, 0.05) is 12.1 Å². The first kappa shape index (κ1) is 12.7. The first-order chi connectivity index (χ1) is 9.79. The minimum atomic E-state index is -0.385. The lowest BCUT2D eigenvalue weighted by Crippen LogP contribution is -2.11. The molecule has 104 valence electrons. The first-order valence-electron chi connectivity index (χ1n) is 6.51. The highest BCUT2D eigenvalue weighted by Crippen LogP contribution is 2.34. The number of hydrogen-bond donors (Lipinski definition) is 1. The van der Waals surface area contributed by atoms with Crippen molar-refractivity contribution in [3.8, 4) is 5.75 Å². The average Bonchev–Trinajstić information content (AvgIpc) is 2.90. The summed E-state index contributed by atoms with van der Waals surface area (Å²) in [5, 5.41) is 4.74. The third-order valence-corrected chi connectivity index (χ3v) is 3.13. The smallest absolute Gasteiger partial charge is 0.336 e. The Labute approximate surface area is 115 Å². The molecule has 2 aromatic heterocycles. The number of benzene rings is 1. The molecular formula is C15H15NO4. The fourth-order valence-corrected chi connectivity index (χ4v) is 2.19. The number of fused-ring (bicyclic) bond motifs is 2. The van der Waals surface area contributed by atoms with Crippen molar-refractivity contribution >= 4 is 21.9 Å². The second-order valence-corrected chi connectivity index (χ2v) is 4.51. The molecule has 0 saturated carbocycles. The van der Waals surface area contributed by atoms with Crippen LogP contribution in [0.4, 0.5) is 0 Å². The lowest BCUT2D eigenvalue weighted by Gasteiger charge is -2.09. The van der Waals surface area contributed by atoms with Crippen LogP contribution in [-0.2, 0) is 0 Å². The molecule has 1 aromatic carbocycles. The largest absolute Gasteiger partial charge is 0.492 e. The molecule has 1 N–H and O–H groups in total. The van der Waals surface area contributed by atoms with Gasteiger partial charge in [0.15, 0.2) is 0 Å². The fourth-order valence-electron chi connectivity index (χ4n) is 2.19. The molecule has 0 aliphatic rings. The summed E-state index contributed by atoms with van der Waals surface area (Å²) in [4.78, 5) is 11.3. The Bertz CT molecular complexity index is 787. The maximum absolute atomic E-state index is 11.3. The SMILES string of the molecule is CNCCCOc1c2ccoc2cc2oc(=O)ccc12. The molecule has 0 aliphatic heterocycles.